The van der Waals surface area contributed by atoms with Gasteiger partial charge < -0.3 is 9.80 Å². The SMILES string of the molecule is CC1C=Cc2c(c3c(c4c2ccc2ccccc24)C2C=CC=CC2N3c2ccc(N(c3ccc(-c4cccc5ccccc45)cc3)c3ccc4c(c3)C(C)(C)c3ccccc3-4)cc2)C1. The van der Waals surface area contributed by atoms with Gasteiger partial charge in [-0.2, -0.15) is 0 Å². The van der Waals surface area contributed by atoms with E-state index in [9.17, 15) is 0 Å². The molecule has 2 nitrogen and oxygen atoms in total. The van der Waals surface area contributed by atoms with E-state index in [-0.39, 0.29) is 17.4 Å². The van der Waals surface area contributed by atoms with Crippen molar-refractivity contribution in [3.8, 4) is 22.3 Å². The molecule has 4 aliphatic rings. The third kappa shape index (κ3) is 5.45. The van der Waals surface area contributed by atoms with Gasteiger partial charge in [0, 0.05) is 34.1 Å². The van der Waals surface area contributed by atoms with Gasteiger partial charge >= 0.3 is 0 Å². The van der Waals surface area contributed by atoms with E-state index in [0.29, 0.717) is 5.92 Å². The van der Waals surface area contributed by atoms with Crippen LogP contribution < -0.4 is 9.80 Å². The minimum Gasteiger partial charge on any atom is -0.333 e. The van der Waals surface area contributed by atoms with Gasteiger partial charge in [-0.15, -0.1) is 0 Å². The molecule has 0 radical (unpaired) electrons. The van der Waals surface area contributed by atoms with Crippen molar-refractivity contribution in [1.82, 2.24) is 0 Å². The molecule has 3 atom stereocenters. The second-order valence-electron chi connectivity index (χ2n) is 18.9. The van der Waals surface area contributed by atoms with Gasteiger partial charge in [0.15, 0.2) is 0 Å². The lowest BCUT2D eigenvalue weighted by atomic mass is 9.80. The molecule has 306 valence electrons. The van der Waals surface area contributed by atoms with Crippen LogP contribution in [0.2, 0.25) is 0 Å². The van der Waals surface area contributed by atoms with Crippen LogP contribution >= 0.6 is 0 Å². The van der Waals surface area contributed by atoms with Crippen LogP contribution in [0.15, 0.2) is 200 Å². The van der Waals surface area contributed by atoms with Gasteiger partial charge in [-0.3, -0.25) is 0 Å². The first-order valence-corrected chi connectivity index (χ1v) is 23.0. The van der Waals surface area contributed by atoms with Crippen molar-refractivity contribution in [2.45, 2.75) is 44.6 Å². The third-order valence-corrected chi connectivity index (χ3v) is 14.9. The number of anilines is 5. The summed E-state index contributed by atoms with van der Waals surface area (Å²) in [5.41, 5.74) is 18.1. The molecule has 13 rings (SSSR count). The summed E-state index contributed by atoms with van der Waals surface area (Å²) in [7, 11) is 0. The van der Waals surface area contributed by atoms with Gasteiger partial charge in [0.1, 0.15) is 0 Å². The summed E-state index contributed by atoms with van der Waals surface area (Å²) in [6.45, 7) is 7.10. The van der Waals surface area contributed by atoms with Gasteiger partial charge in [0.2, 0.25) is 0 Å². The second kappa shape index (κ2) is 14.0. The van der Waals surface area contributed by atoms with Crippen LogP contribution in [0.1, 0.15) is 54.5 Å². The van der Waals surface area contributed by atoms with Crippen molar-refractivity contribution in [1.29, 1.82) is 0 Å². The molecule has 9 aromatic carbocycles. The summed E-state index contributed by atoms with van der Waals surface area (Å²) in [4.78, 5) is 5.13. The molecule has 0 spiro atoms. The van der Waals surface area contributed by atoms with Crippen LogP contribution in [-0.2, 0) is 11.8 Å². The first-order chi connectivity index (χ1) is 31.4. The summed E-state index contributed by atoms with van der Waals surface area (Å²) in [6.07, 6.45) is 15.2. The monoisotopic (exact) mass is 820 g/mol. The molecule has 0 N–H and O–H groups in total. The molecule has 3 aliphatic carbocycles. The van der Waals surface area contributed by atoms with Crippen molar-refractivity contribution in [3.63, 3.8) is 0 Å². The van der Waals surface area contributed by atoms with E-state index >= 15 is 0 Å². The number of benzene rings is 9. The molecular formula is C62H48N2. The summed E-state index contributed by atoms with van der Waals surface area (Å²) in [5, 5.41) is 7.94. The number of hydrogen-bond donors (Lipinski definition) is 0. The van der Waals surface area contributed by atoms with Crippen LogP contribution in [-0.4, -0.2) is 6.04 Å². The highest BCUT2D eigenvalue weighted by molar-refractivity contribution is 6.15. The molecule has 0 fully saturated rings. The lowest BCUT2D eigenvalue weighted by Crippen LogP contribution is -2.29. The van der Waals surface area contributed by atoms with Crippen molar-refractivity contribution in [3.05, 3.63) is 228 Å². The number of allylic oxidation sites excluding steroid dienone is 3. The maximum atomic E-state index is 2.67. The molecule has 0 amide bonds. The molecule has 2 heteroatoms. The van der Waals surface area contributed by atoms with Crippen LogP contribution in [0.3, 0.4) is 0 Å². The second-order valence-corrected chi connectivity index (χ2v) is 18.9. The fourth-order valence-electron chi connectivity index (χ4n) is 11.9. The van der Waals surface area contributed by atoms with Crippen molar-refractivity contribution >= 4 is 66.8 Å². The maximum absolute atomic E-state index is 2.67. The maximum Gasteiger partial charge on any atom is 0.0629 e. The Morgan fingerprint density at radius 3 is 2.03 bits per heavy atom. The van der Waals surface area contributed by atoms with Crippen molar-refractivity contribution < 1.29 is 0 Å². The van der Waals surface area contributed by atoms with Crippen molar-refractivity contribution in [2.75, 3.05) is 9.80 Å². The average Bonchev–Trinajstić information content (AvgIpc) is 3.80. The Kier molecular flexibility index (Phi) is 8.15. The fraction of sp³-hybridized carbons (Fsp3) is 0.129. The number of rotatable bonds is 5. The van der Waals surface area contributed by atoms with Gasteiger partial charge in [-0.1, -0.05) is 179 Å². The largest absolute Gasteiger partial charge is 0.333 e. The topological polar surface area (TPSA) is 6.48 Å². The van der Waals surface area contributed by atoms with Crippen molar-refractivity contribution in [2.24, 2.45) is 5.92 Å². The molecule has 0 aromatic heterocycles. The van der Waals surface area contributed by atoms with E-state index < -0.39 is 0 Å². The first kappa shape index (κ1) is 37.2. The molecule has 0 bridgehead atoms. The van der Waals surface area contributed by atoms with Gasteiger partial charge in [-0.05, 0) is 143 Å². The minimum absolute atomic E-state index is 0.112. The Bertz CT molecular complexity index is 3470. The molecule has 0 saturated heterocycles. The van der Waals surface area contributed by atoms with Gasteiger partial charge in [0.25, 0.3) is 0 Å². The smallest absolute Gasteiger partial charge is 0.0629 e. The Morgan fingerprint density at radius 1 is 0.547 bits per heavy atom. The Labute approximate surface area is 375 Å². The summed E-state index contributed by atoms with van der Waals surface area (Å²) >= 11 is 0. The third-order valence-electron chi connectivity index (χ3n) is 14.9. The van der Waals surface area contributed by atoms with E-state index in [2.05, 4.69) is 237 Å². The summed E-state index contributed by atoms with van der Waals surface area (Å²) in [6, 6.07) is 63.8. The van der Waals surface area contributed by atoms with E-state index in [4.69, 9.17) is 0 Å². The Hall–Kier alpha value is -7.42. The normalized spacial score (nSPS) is 18.5. The van der Waals surface area contributed by atoms with E-state index in [1.54, 1.807) is 0 Å². The van der Waals surface area contributed by atoms with Gasteiger partial charge in [-0.25, -0.2) is 0 Å². The molecule has 1 heterocycles. The lowest BCUT2D eigenvalue weighted by Gasteiger charge is -2.32. The average molecular weight is 821 g/mol. The molecule has 3 unspecified atom stereocenters. The van der Waals surface area contributed by atoms with E-state index in [1.165, 1.54) is 93.8 Å². The number of hydrogen-bond acceptors (Lipinski definition) is 2. The molecule has 0 saturated carbocycles. The highest BCUT2D eigenvalue weighted by Gasteiger charge is 2.42. The van der Waals surface area contributed by atoms with Gasteiger partial charge in [0.05, 0.1) is 11.7 Å². The van der Waals surface area contributed by atoms with Crippen LogP contribution in [0.5, 0.6) is 0 Å². The predicted octanol–water partition coefficient (Wildman–Crippen LogP) is 16.5. The fourth-order valence-corrected chi connectivity index (χ4v) is 11.9. The zero-order valence-corrected chi connectivity index (χ0v) is 36.5. The van der Waals surface area contributed by atoms with E-state index in [1.807, 2.05) is 0 Å². The summed E-state index contributed by atoms with van der Waals surface area (Å²) < 4.78 is 0. The molecule has 9 aromatic rings. The first-order valence-electron chi connectivity index (χ1n) is 23.0. The zero-order valence-electron chi connectivity index (χ0n) is 36.5. The van der Waals surface area contributed by atoms with Crippen LogP contribution in [0.4, 0.5) is 28.4 Å². The Morgan fingerprint density at radius 2 is 1.20 bits per heavy atom. The quantitative estimate of drug-likeness (QED) is 0.160. The van der Waals surface area contributed by atoms with Crippen LogP contribution in [0.25, 0.3) is 60.6 Å². The molecule has 64 heavy (non-hydrogen) atoms. The molecule has 1 aliphatic heterocycles. The van der Waals surface area contributed by atoms with E-state index in [0.717, 1.165) is 23.5 Å². The lowest BCUT2D eigenvalue weighted by molar-refractivity contribution is 0.660. The number of fused-ring (bicyclic) bond motifs is 14. The van der Waals surface area contributed by atoms with Crippen LogP contribution in [0, 0.1) is 5.92 Å². The predicted molar refractivity (Wildman–Crippen MR) is 272 cm³/mol. The minimum atomic E-state index is -0.112. The highest BCUT2D eigenvalue weighted by Crippen LogP contribution is 2.56. The Balaban J connectivity index is 0.970. The standard InChI is InChI=1S/C62H48N2/c1-39-23-34-50-53-35-26-41-14-5-7-17-49(41)59(53)60-54-19-9-11-22-58(54)64(61(60)55(50)37-39)45-31-29-44(30-32-45)63(46-33-36-52-51-18-8-10-21-56(51)62(2,3)57(52)38-46)43-27-24-42(25-28-43)48-20-12-15-40-13-4-6-16-47(40)48/h4-36,38-39,54,58H,37H2,1-3H3. The highest BCUT2D eigenvalue weighted by atomic mass is 15.2. The summed E-state index contributed by atoms with van der Waals surface area (Å²) in [5.74, 6) is 0.716. The molecular weight excluding hydrogens is 773 g/mol. The zero-order chi connectivity index (χ0) is 42.7. The number of nitrogens with zero attached hydrogens (tertiary/aromatic N) is 2.